The fourth-order valence-electron chi connectivity index (χ4n) is 1.74. The van der Waals surface area contributed by atoms with Gasteiger partial charge in [-0.1, -0.05) is 0 Å². The van der Waals surface area contributed by atoms with Gasteiger partial charge >= 0.3 is 5.97 Å². The molecule has 18 heavy (non-hydrogen) atoms. The van der Waals surface area contributed by atoms with Crippen molar-refractivity contribution in [1.29, 1.82) is 0 Å². The summed E-state index contributed by atoms with van der Waals surface area (Å²) >= 11 is 0. The van der Waals surface area contributed by atoms with Crippen LogP contribution in [0.4, 0.5) is 0 Å². The average molecular weight is 253 g/mol. The van der Waals surface area contributed by atoms with E-state index in [4.69, 9.17) is 19.9 Å². The zero-order valence-corrected chi connectivity index (χ0v) is 10.3. The predicted molar refractivity (Wildman–Crippen MR) is 62.7 cm³/mol. The molecule has 2 rings (SSSR count). The first-order valence-electron chi connectivity index (χ1n) is 5.45. The zero-order valence-electron chi connectivity index (χ0n) is 10.3. The fourth-order valence-corrected chi connectivity index (χ4v) is 1.74. The second-order valence-corrected chi connectivity index (χ2v) is 3.84. The number of ether oxygens (including phenoxy) is 4. The first-order valence-corrected chi connectivity index (χ1v) is 5.45. The quantitative estimate of drug-likeness (QED) is 0.806. The molecule has 1 unspecified atom stereocenters. The molecule has 1 aliphatic rings. The molecule has 6 nitrogen and oxygen atoms in total. The average Bonchev–Trinajstić information content (AvgIpc) is 2.85. The highest BCUT2D eigenvalue weighted by Gasteiger charge is 2.22. The second-order valence-electron chi connectivity index (χ2n) is 3.84. The van der Waals surface area contributed by atoms with Crippen molar-refractivity contribution >= 4 is 5.97 Å². The standard InChI is InChI=1S/C12H15NO5/c1-15-9-3-7(8(13)5-11(14)16-2)4-10-12(9)18-6-17-10/h3-4,8H,5-6,13H2,1-2H3. The van der Waals surface area contributed by atoms with E-state index in [0.717, 1.165) is 5.56 Å². The monoisotopic (exact) mass is 253 g/mol. The predicted octanol–water partition coefficient (Wildman–Crippen LogP) is 0.987. The summed E-state index contributed by atoms with van der Waals surface area (Å²) in [5.74, 6) is 1.32. The van der Waals surface area contributed by atoms with Gasteiger partial charge in [-0.3, -0.25) is 4.79 Å². The number of nitrogens with two attached hydrogens (primary N) is 1. The number of carbonyl (C=O) groups is 1. The molecule has 0 bridgehead atoms. The lowest BCUT2D eigenvalue weighted by Crippen LogP contribution is -2.16. The Balaban J connectivity index is 2.26. The van der Waals surface area contributed by atoms with Gasteiger partial charge in [-0.25, -0.2) is 0 Å². The Morgan fingerprint density at radius 2 is 2.22 bits per heavy atom. The van der Waals surface area contributed by atoms with Gasteiger partial charge < -0.3 is 24.7 Å². The summed E-state index contributed by atoms with van der Waals surface area (Å²) in [6, 6.07) is 3.01. The Morgan fingerprint density at radius 3 is 2.89 bits per heavy atom. The number of fused-ring (bicyclic) bond motifs is 1. The number of methoxy groups -OCH3 is 2. The molecule has 0 aliphatic carbocycles. The molecule has 2 N–H and O–H groups in total. The third-order valence-electron chi connectivity index (χ3n) is 2.72. The van der Waals surface area contributed by atoms with Crippen LogP contribution >= 0.6 is 0 Å². The van der Waals surface area contributed by atoms with Crippen LogP contribution in [0.5, 0.6) is 17.2 Å². The van der Waals surface area contributed by atoms with Gasteiger partial charge in [0, 0.05) is 6.04 Å². The lowest BCUT2D eigenvalue weighted by molar-refractivity contribution is -0.141. The summed E-state index contributed by atoms with van der Waals surface area (Å²) in [6.07, 6.45) is 0.0965. The third-order valence-corrected chi connectivity index (χ3v) is 2.72. The van der Waals surface area contributed by atoms with E-state index in [9.17, 15) is 4.79 Å². The highest BCUT2D eigenvalue weighted by Crippen LogP contribution is 2.43. The topological polar surface area (TPSA) is 80.0 Å². The molecule has 1 aromatic rings. The first kappa shape index (κ1) is 12.5. The Morgan fingerprint density at radius 1 is 1.44 bits per heavy atom. The van der Waals surface area contributed by atoms with E-state index >= 15 is 0 Å². The van der Waals surface area contributed by atoms with Gasteiger partial charge in [0.1, 0.15) is 0 Å². The van der Waals surface area contributed by atoms with Crippen molar-refractivity contribution in [3.05, 3.63) is 17.7 Å². The number of hydrogen-bond acceptors (Lipinski definition) is 6. The highest BCUT2D eigenvalue weighted by atomic mass is 16.7. The van der Waals surface area contributed by atoms with Gasteiger partial charge in [-0.05, 0) is 17.7 Å². The molecule has 1 aliphatic heterocycles. The minimum absolute atomic E-state index is 0.0965. The van der Waals surface area contributed by atoms with Crippen LogP contribution in [0.25, 0.3) is 0 Å². The summed E-state index contributed by atoms with van der Waals surface area (Å²) in [5, 5.41) is 0. The minimum atomic E-state index is -0.471. The van der Waals surface area contributed by atoms with Crippen LogP contribution in [0.2, 0.25) is 0 Å². The van der Waals surface area contributed by atoms with E-state index in [0.29, 0.717) is 17.2 Å². The molecule has 0 radical (unpaired) electrons. The van der Waals surface area contributed by atoms with Crippen LogP contribution in [0.1, 0.15) is 18.0 Å². The van der Waals surface area contributed by atoms with Crippen LogP contribution in [-0.4, -0.2) is 27.0 Å². The number of benzene rings is 1. The van der Waals surface area contributed by atoms with Gasteiger partial charge in [0.05, 0.1) is 20.6 Å². The Labute approximate surface area is 105 Å². The van der Waals surface area contributed by atoms with E-state index in [-0.39, 0.29) is 19.2 Å². The van der Waals surface area contributed by atoms with E-state index in [1.165, 1.54) is 14.2 Å². The van der Waals surface area contributed by atoms with E-state index in [1.54, 1.807) is 12.1 Å². The molecule has 0 aromatic heterocycles. The molecule has 6 heteroatoms. The summed E-state index contributed by atoms with van der Waals surface area (Å²) < 4.78 is 20.4. The van der Waals surface area contributed by atoms with Gasteiger partial charge in [0.2, 0.25) is 12.5 Å². The van der Waals surface area contributed by atoms with Crippen molar-refractivity contribution in [3.8, 4) is 17.2 Å². The molecular weight excluding hydrogens is 238 g/mol. The molecule has 1 atom stereocenters. The summed E-state index contributed by atoms with van der Waals surface area (Å²) in [5.41, 5.74) is 6.67. The van der Waals surface area contributed by atoms with Crippen LogP contribution < -0.4 is 19.9 Å². The number of esters is 1. The van der Waals surface area contributed by atoms with E-state index < -0.39 is 6.04 Å². The summed E-state index contributed by atoms with van der Waals surface area (Å²) in [6.45, 7) is 0.154. The van der Waals surface area contributed by atoms with Crippen molar-refractivity contribution < 1.29 is 23.7 Å². The van der Waals surface area contributed by atoms with Crippen molar-refractivity contribution in [2.45, 2.75) is 12.5 Å². The fraction of sp³-hybridized carbons (Fsp3) is 0.417. The maximum Gasteiger partial charge on any atom is 0.307 e. The van der Waals surface area contributed by atoms with Crippen LogP contribution in [0.15, 0.2) is 12.1 Å². The number of carbonyl (C=O) groups excluding carboxylic acids is 1. The zero-order chi connectivity index (χ0) is 13.1. The normalized spacial score (nSPS) is 14.2. The molecular formula is C12H15NO5. The Hall–Kier alpha value is -1.95. The SMILES string of the molecule is COC(=O)CC(N)c1cc(OC)c2c(c1)OCO2. The maximum absolute atomic E-state index is 11.2. The van der Waals surface area contributed by atoms with Crippen LogP contribution in [0, 0.1) is 0 Å². The van der Waals surface area contributed by atoms with Crippen LogP contribution in [-0.2, 0) is 9.53 Å². The van der Waals surface area contributed by atoms with Crippen molar-refractivity contribution in [3.63, 3.8) is 0 Å². The molecule has 0 amide bonds. The smallest absolute Gasteiger partial charge is 0.307 e. The summed E-state index contributed by atoms with van der Waals surface area (Å²) in [4.78, 5) is 11.2. The molecule has 0 saturated heterocycles. The molecule has 0 saturated carbocycles. The Bertz CT molecular complexity index is 460. The van der Waals surface area contributed by atoms with Crippen LogP contribution in [0.3, 0.4) is 0 Å². The second kappa shape index (κ2) is 5.14. The molecule has 1 heterocycles. The lowest BCUT2D eigenvalue weighted by atomic mass is 10.0. The van der Waals surface area contributed by atoms with Gasteiger partial charge in [-0.2, -0.15) is 0 Å². The lowest BCUT2D eigenvalue weighted by Gasteiger charge is -2.13. The van der Waals surface area contributed by atoms with Gasteiger partial charge in [-0.15, -0.1) is 0 Å². The van der Waals surface area contributed by atoms with Crippen molar-refractivity contribution in [1.82, 2.24) is 0 Å². The third kappa shape index (κ3) is 2.33. The van der Waals surface area contributed by atoms with E-state index in [2.05, 4.69) is 4.74 Å². The van der Waals surface area contributed by atoms with Crippen molar-refractivity contribution in [2.24, 2.45) is 5.73 Å². The van der Waals surface area contributed by atoms with E-state index in [1.807, 2.05) is 0 Å². The molecule has 98 valence electrons. The maximum atomic E-state index is 11.2. The number of rotatable bonds is 4. The first-order chi connectivity index (χ1) is 8.65. The van der Waals surface area contributed by atoms with Gasteiger partial charge in [0.15, 0.2) is 11.5 Å². The largest absolute Gasteiger partial charge is 0.493 e. The molecule has 0 spiro atoms. The highest BCUT2D eigenvalue weighted by molar-refractivity contribution is 5.70. The number of hydrogen-bond donors (Lipinski definition) is 1. The van der Waals surface area contributed by atoms with Gasteiger partial charge in [0.25, 0.3) is 0 Å². The van der Waals surface area contributed by atoms with Crippen molar-refractivity contribution in [2.75, 3.05) is 21.0 Å². The molecule has 1 aromatic carbocycles. The summed E-state index contributed by atoms with van der Waals surface area (Å²) in [7, 11) is 2.86. The molecule has 0 fully saturated rings. The minimum Gasteiger partial charge on any atom is -0.493 e. The Kier molecular flexibility index (Phi) is 3.57.